The number of esters is 1. The van der Waals surface area contributed by atoms with Gasteiger partial charge in [-0.15, -0.1) is 6.42 Å². The summed E-state index contributed by atoms with van der Waals surface area (Å²) in [6.07, 6.45) is 6.68. The quantitative estimate of drug-likeness (QED) is 0.320. The highest BCUT2D eigenvalue weighted by atomic mass is 32.2. The Morgan fingerprint density at radius 1 is 0.970 bits per heavy atom. The highest BCUT2D eigenvalue weighted by molar-refractivity contribution is 7.89. The summed E-state index contributed by atoms with van der Waals surface area (Å²) >= 11 is 0. The van der Waals surface area contributed by atoms with Gasteiger partial charge in [-0.3, -0.25) is 4.79 Å². The number of ketones is 1. The smallest absolute Gasteiger partial charge is 0.338 e. The molecule has 9 nitrogen and oxygen atoms in total. The molecule has 33 heavy (non-hydrogen) atoms. The first-order valence-corrected chi connectivity index (χ1v) is 12.9. The summed E-state index contributed by atoms with van der Waals surface area (Å²) in [5.74, 6) is 0.732. The second-order valence-electron chi connectivity index (χ2n) is 7.19. The van der Waals surface area contributed by atoms with Crippen molar-refractivity contribution in [3.63, 3.8) is 0 Å². The molecule has 0 saturated carbocycles. The number of terminal acetylenes is 1. The monoisotopic (exact) mass is 490 g/mol. The predicted molar refractivity (Wildman–Crippen MR) is 120 cm³/mol. The summed E-state index contributed by atoms with van der Waals surface area (Å²) in [6.45, 7) is 0.149. The van der Waals surface area contributed by atoms with Crippen molar-refractivity contribution < 1.29 is 31.2 Å². The van der Waals surface area contributed by atoms with Crippen LogP contribution in [-0.2, 0) is 24.8 Å². The number of ether oxygens (including phenoxy) is 1. The van der Waals surface area contributed by atoms with E-state index in [1.165, 1.54) is 46.8 Å². The van der Waals surface area contributed by atoms with Gasteiger partial charge in [0.05, 0.1) is 21.9 Å². The highest BCUT2D eigenvalue weighted by Crippen LogP contribution is 2.21. The van der Waals surface area contributed by atoms with Gasteiger partial charge in [-0.05, 0) is 55.3 Å². The lowest BCUT2D eigenvalue weighted by Crippen LogP contribution is -2.27. The predicted octanol–water partition coefficient (Wildman–Crippen LogP) is 1.42. The Hall–Kier alpha value is -3.04. The molecule has 0 aromatic heterocycles. The van der Waals surface area contributed by atoms with Crippen LogP contribution in [0.3, 0.4) is 0 Å². The standard InChI is InChI=1S/C22H22N2O7S2/c1-2-12-23-32(27,28)20-7-5-6-18(15-20)22(26)31-16-21(25)17-8-10-19(11-9-17)33(29,30)24-13-3-4-14-24/h1,5-11,15,23H,3-4,12-14,16H2. The number of Topliss-reactive ketones (excluding diaryl/α,β-unsaturated/α-hetero) is 1. The van der Waals surface area contributed by atoms with Gasteiger partial charge in [-0.2, -0.15) is 9.03 Å². The molecule has 174 valence electrons. The minimum atomic E-state index is -3.89. The first kappa shape index (κ1) is 24.6. The van der Waals surface area contributed by atoms with Crippen LogP contribution in [-0.4, -0.2) is 59.1 Å². The zero-order chi connectivity index (χ0) is 24.1. The fraction of sp³-hybridized carbons (Fsp3) is 0.273. The zero-order valence-corrected chi connectivity index (χ0v) is 19.2. The molecule has 1 fully saturated rings. The number of hydrogen-bond donors (Lipinski definition) is 1. The molecular weight excluding hydrogens is 468 g/mol. The summed E-state index contributed by atoms with van der Waals surface area (Å²) in [6, 6.07) is 10.5. The normalized spacial score (nSPS) is 14.5. The number of carbonyl (C=O) groups excluding carboxylic acids is 2. The number of hydrogen-bond acceptors (Lipinski definition) is 7. The Balaban J connectivity index is 1.63. The third kappa shape index (κ3) is 5.85. The van der Waals surface area contributed by atoms with Crippen molar-refractivity contribution in [2.45, 2.75) is 22.6 Å². The van der Waals surface area contributed by atoms with E-state index in [1.54, 1.807) is 0 Å². The molecule has 0 radical (unpaired) electrons. The van der Waals surface area contributed by atoms with E-state index >= 15 is 0 Å². The number of nitrogens with one attached hydrogen (secondary N) is 1. The number of nitrogens with zero attached hydrogens (tertiary/aromatic N) is 1. The van der Waals surface area contributed by atoms with Crippen molar-refractivity contribution in [1.82, 2.24) is 9.03 Å². The summed E-state index contributed by atoms with van der Waals surface area (Å²) < 4.78 is 58.0. The van der Waals surface area contributed by atoms with Gasteiger partial charge in [-0.25, -0.2) is 21.6 Å². The molecule has 1 saturated heterocycles. The lowest BCUT2D eigenvalue weighted by atomic mass is 10.1. The SMILES string of the molecule is C#CCNS(=O)(=O)c1cccc(C(=O)OCC(=O)c2ccc(S(=O)(=O)N3CCCC3)cc2)c1. The summed E-state index contributed by atoms with van der Waals surface area (Å²) in [5, 5.41) is 0. The molecule has 0 bridgehead atoms. The Kier molecular flexibility index (Phi) is 7.65. The van der Waals surface area contributed by atoms with Crippen molar-refractivity contribution in [3.8, 4) is 12.3 Å². The van der Waals surface area contributed by atoms with Gasteiger partial charge in [0.25, 0.3) is 0 Å². The molecule has 1 heterocycles. The molecule has 0 amide bonds. The molecule has 0 unspecified atom stereocenters. The maximum Gasteiger partial charge on any atom is 0.338 e. The minimum absolute atomic E-state index is 0.0570. The maximum atomic E-state index is 12.6. The Labute approximate surface area is 192 Å². The average Bonchev–Trinajstić information content (AvgIpc) is 3.37. The number of benzene rings is 2. The summed E-state index contributed by atoms with van der Waals surface area (Å²) in [4.78, 5) is 24.6. The molecule has 1 aliphatic rings. The van der Waals surface area contributed by atoms with Gasteiger partial charge >= 0.3 is 5.97 Å². The van der Waals surface area contributed by atoms with Gasteiger partial charge in [0, 0.05) is 18.7 Å². The van der Waals surface area contributed by atoms with Gasteiger partial charge in [0.2, 0.25) is 20.0 Å². The Bertz CT molecular complexity index is 1290. The van der Waals surface area contributed by atoms with Crippen LogP contribution in [0.2, 0.25) is 0 Å². The number of sulfonamides is 2. The van der Waals surface area contributed by atoms with E-state index in [1.807, 2.05) is 0 Å². The zero-order valence-electron chi connectivity index (χ0n) is 17.6. The summed E-state index contributed by atoms with van der Waals surface area (Å²) in [7, 11) is -7.49. The molecule has 3 rings (SSSR count). The van der Waals surface area contributed by atoms with Gasteiger partial charge < -0.3 is 4.74 Å². The van der Waals surface area contributed by atoms with Crippen molar-refractivity contribution >= 4 is 31.8 Å². The lowest BCUT2D eigenvalue weighted by molar-refractivity contribution is 0.0474. The van der Waals surface area contributed by atoms with E-state index in [4.69, 9.17) is 11.2 Å². The fourth-order valence-electron chi connectivity index (χ4n) is 3.20. The third-order valence-electron chi connectivity index (χ3n) is 4.96. The van der Waals surface area contributed by atoms with Crippen LogP contribution in [0.25, 0.3) is 0 Å². The van der Waals surface area contributed by atoms with Crippen LogP contribution < -0.4 is 4.72 Å². The van der Waals surface area contributed by atoms with Gasteiger partial charge in [-0.1, -0.05) is 12.0 Å². The Morgan fingerprint density at radius 2 is 1.64 bits per heavy atom. The van der Waals surface area contributed by atoms with Crippen LogP contribution in [0.5, 0.6) is 0 Å². The largest absolute Gasteiger partial charge is 0.454 e. The van der Waals surface area contributed by atoms with Crippen molar-refractivity contribution in [1.29, 1.82) is 0 Å². The van der Waals surface area contributed by atoms with Crippen LogP contribution in [0, 0.1) is 12.3 Å². The van der Waals surface area contributed by atoms with E-state index in [0.29, 0.717) is 13.1 Å². The van der Waals surface area contributed by atoms with Crippen LogP contribution in [0.15, 0.2) is 58.3 Å². The molecule has 0 aliphatic carbocycles. The van der Waals surface area contributed by atoms with Gasteiger partial charge in [0.1, 0.15) is 0 Å². The number of rotatable bonds is 9. The fourth-order valence-corrected chi connectivity index (χ4v) is 5.70. The highest BCUT2D eigenvalue weighted by Gasteiger charge is 2.27. The summed E-state index contributed by atoms with van der Waals surface area (Å²) in [5.41, 5.74) is 0.122. The number of carbonyl (C=O) groups is 2. The molecule has 2 aromatic rings. The van der Waals surface area contributed by atoms with Crippen LogP contribution in [0.1, 0.15) is 33.6 Å². The van der Waals surface area contributed by atoms with Crippen molar-refractivity contribution in [3.05, 3.63) is 59.7 Å². The first-order valence-electron chi connectivity index (χ1n) is 9.99. The maximum absolute atomic E-state index is 12.6. The third-order valence-corrected chi connectivity index (χ3v) is 8.27. The van der Waals surface area contributed by atoms with Gasteiger partial charge in [0.15, 0.2) is 12.4 Å². The Morgan fingerprint density at radius 3 is 2.27 bits per heavy atom. The van der Waals surface area contributed by atoms with E-state index in [0.717, 1.165) is 18.9 Å². The van der Waals surface area contributed by atoms with E-state index in [2.05, 4.69) is 10.6 Å². The average molecular weight is 491 g/mol. The molecule has 11 heteroatoms. The molecule has 1 aliphatic heterocycles. The molecular formula is C22H22N2O7S2. The van der Waals surface area contributed by atoms with Crippen molar-refractivity contribution in [2.24, 2.45) is 0 Å². The second kappa shape index (κ2) is 10.3. The van der Waals surface area contributed by atoms with Crippen LogP contribution >= 0.6 is 0 Å². The molecule has 0 atom stereocenters. The molecule has 2 aromatic carbocycles. The molecule has 1 N–H and O–H groups in total. The topological polar surface area (TPSA) is 127 Å². The molecule has 0 spiro atoms. The van der Waals surface area contributed by atoms with E-state index < -0.39 is 38.4 Å². The van der Waals surface area contributed by atoms with Crippen LogP contribution in [0.4, 0.5) is 0 Å². The second-order valence-corrected chi connectivity index (χ2v) is 10.9. The lowest BCUT2D eigenvalue weighted by Gasteiger charge is -2.15. The minimum Gasteiger partial charge on any atom is -0.454 e. The van der Waals surface area contributed by atoms with Crippen molar-refractivity contribution in [2.75, 3.05) is 26.2 Å². The van der Waals surface area contributed by atoms with E-state index in [9.17, 15) is 26.4 Å². The van der Waals surface area contributed by atoms with E-state index in [-0.39, 0.29) is 27.5 Å². The first-order chi connectivity index (χ1) is 15.6.